The molecule has 1 aromatic heterocycles. The molecular weight excluding hydrogens is 606 g/mol. The van der Waals surface area contributed by atoms with Crippen molar-refractivity contribution >= 4 is 23.8 Å². The number of ether oxygens (including phenoxy) is 3. The predicted molar refractivity (Wildman–Crippen MR) is 173 cm³/mol. The van der Waals surface area contributed by atoms with Crippen LogP contribution in [0.15, 0.2) is 84.3 Å². The summed E-state index contributed by atoms with van der Waals surface area (Å²) in [5.74, 6) is 0.231. The Balaban J connectivity index is 1.31. The number of urea groups is 1. The van der Waals surface area contributed by atoms with Crippen LogP contribution in [-0.4, -0.2) is 56.9 Å². The lowest BCUT2D eigenvalue weighted by Crippen LogP contribution is -2.38. The zero-order valence-electron chi connectivity index (χ0n) is 26.1. The van der Waals surface area contributed by atoms with Gasteiger partial charge in [0.25, 0.3) is 0 Å². The van der Waals surface area contributed by atoms with Gasteiger partial charge in [0.05, 0.1) is 25.4 Å². The van der Waals surface area contributed by atoms with Gasteiger partial charge < -0.3 is 34.5 Å². The molecule has 4 unspecified atom stereocenters. The lowest BCUT2D eigenvalue weighted by Gasteiger charge is -2.41. The fourth-order valence-electron chi connectivity index (χ4n) is 5.25. The smallest absolute Gasteiger partial charge is 0.325 e. The SMILES string of the molecule is CCOC(=O)CNC(=O)NCc1ccccc1-c1ccc(C2OC(CSc3nncn3C)C(C)C(c3ccc(CO)cc3)O2)cc1. The van der Waals surface area contributed by atoms with Crippen LogP contribution in [0.2, 0.25) is 0 Å². The van der Waals surface area contributed by atoms with Gasteiger partial charge in [-0.2, -0.15) is 0 Å². The second kappa shape index (κ2) is 15.9. The number of esters is 1. The van der Waals surface area contributed by atoms with E-state index in [0.717, 1.165) is 38.5 Å². The number of nitrogens with one attached hydrogen (secondary N) is 2. The number of nitrogens with zero attached hydrogens (tertiary/aromatic N) is 3. The number of aliphatic hydroxyl groups is 1. The zero-order valence-corrected chi connectivity index (χ0v) is 26.9. The van der Waals surface area contributed by atoms with Crippen LogP contribution in [0, 0.1) is 5.92 Å². The fraction of sp³-hybridized carbons (Fsp3) is 0.353. The first-order chi connectivity index (χ1) is 22.4. The van der Waals surface area contributed by atoms with Crippen LogP contribution < -0.4 is 10.6 Å². The van der Waals surface area contributed by atoms with Crippen LogP contribution in [0.3, 0.4) is 0 Å². The summed E-state index contributed by atoms with van der Waals surface area (Å²) in [6, 6.07) is 23.3. The number of hydrogen-bond acceptors (Lipinski definition) is 9. The van der Waals surface area contributed by atoms with E-state index in [-0.39, 0.29) is 44.4 Å². The molecule has 2 amide bonds. The molecule has 1 aliphatic rings. The van der Waals surface area contributed by atoms with Crippen LogP contribution in [0.1, 0.15) is 48.5 Å². The van der Waals surface area contributed by atoms with Crippen LogP contribution in [0.4, 0.5) is 4.79 Å². The first-order valence-electron chi connectivity index (χ1n) is 15.2. The molecule has 0 spiro atoms. The molecule has 4 atom stereocenters. The first-order valence-corrected chi connectivity index (χ1v) is 16.2. The van der Waals surface area contributed by atoms with Crippen molar-refractivity contribution in [1.82, 2.24) is 25.4 Å². The number of aromatic nitrogens is 3. The van der Waals surface area contributed by atoms with Gasteiger partial charge in [0.2, 0.25) is 0 Å². The second-order valence-electron chi connectivity index (χ2n) is 11.0. The molecule has 0 saturated carbocycles. The third-order valence-electron chi connectivity index (χ3n) is 7.82. The Morgan fingerprint density at radius 3 is 2.43 bits per heavy atom. The van der Waals surface area contributed by atoms with Gasteiger partial charge in [-0.1, -0.05) is 91.5 Å². The number of amides is 2. The van der Waals surface area contributed by atoms with E-state index in [2.05, 4.69) is 27.8 Å². The molecule has 3 aromatic carbocycles. The van der Waals surface area contributed by atoms with Gasteiger partial charge in [0.1, 0.15) is 12.9 Å². The maximum atomic E-state index is 12.3. The monoisotopic (exact) mass is 645 g/mol. The van der Waals surface area contributed by atoms with E-state index in [0.29, 0.717) is 5.75 Å². The molecule has 1 saturated heterocycles. The number of carbonyl (C=O) groups is 2. The molecular formula is C34H39N5O6S. The van der Waals surface area contributed by atoms with E-state index in [1.54, 1.807) is 25.0 Å². The minimum atomic E-state index is -0.599. The molecule has 4 aromatic rings. The average molecular weight is 646 g/mol. The molecule has 1 aliphatic heterocycles. The maximum Gasteiger partial charge on any atom is 0.325 e. The lowest BCUT2D eigenvalue weighted by molar-refractivity contribution is -0.268. The van der Waals surface area contributed by atoms with Crippen LogP contribution in [0.25, 0.3) is 11.1 Å². The minimum Gasteiger partial charge on any atom is -0.465 e. The van der Waals surface area contributed by atoms with Crippen molar-refractivity contribution in [2.24, 2.45) is 13.0 Å². The van der Waals surface area contributed by atoms with E-state index in [1.807, 2.05) is 84.4 Å². The summed E-state index contributed by atoms with van der Waals surface area (Å²) in [5.41, 5.74) is 5.62. The molecule has 0 aliphatic carbocycles. The van der Waals surface area contributed by atoms with Crippen molar-refractivity contribution in [1.29, 1.82) is 0 Å². The summed E-state index contributed by atoms with van der Waals surface area (Å²) < 4.78 is 19.9. The Hall–Kier alpha value is -4.23. The first kappa shape index (κ1) is 33.1. The summed E-state index contributed by atoms with van der Waals surface area (Å²) in [4.78, 5) is 23.8. The fourth-order valence-corrected chi connectivity index (χ4v) is 6.30. The molecule has 46 heavy (non-hydrogen) atoms. The molecule has 3 N–H and O–H groups in total. The van der Waals surface area contributed by atoms with E-state index in [1.165, 1.54) is 0 Å². The van der Waals surface area contributed by atoms with Crippen LogP contribution in [-0.2, 0) is 39.2 Å². The molecule has 12 heteroatoms. The van der Waals surface area contributed by atoms with Crippen molar-refractivity contribution in [3.8, 4) is 11.1 Å². The Morgan fingerprint density at radius 2 is 1.74 bits per heavy atom. The van der Waals surface area contributed by atoms with Crippen molar-refractivity contribution in [3.05, 3.63) is 101 Å². The molecule has 2 heterocycles. The Morgan fingerprint density at radius 1 is 1.00 bits per heavy atom. The zero-order chi connectivity index (χ0) is 32.5. The highest BCUT2D eigenvalue weighted by Gasteiger charge is 2.38. The average Bonchev–Trinajstić information content (AvgIpc) is 3.50. The highest BCUT2D eigenvalue weighted by atomic mass is 32.2. The highest BCUT2D eigenvalue weighted by molar-refractivity contribution is 7.99. The summed E-state index contributed by atoms with van der Waals surface area (Å²) in [6.45, 7) is 4.18. The van der Waals surface area contributed by atoms with Gasteiger partial charge in [0.15, 0.2) is 11.4 Å². The van der Waals surface area contributed by atoms with Crippen LogP contribution >= 0.6 is 11.8 Å². The quantitative estimate of drug-likeness (QED) is 0.145. The van der Waals surface area contributed by atoms with E-state index < -0.39 is 18.3 Å². The summed E-state index contributed by atoms with van der Waals surface area (Å²) in [7, 11) is 1.92. The molecule has 242 valence electrons. The number of hydrogen-bond donors (Lipinski definition) is 3. The molecule has 1 fully saturated rings. The van der Waals surface area contributed by atoms with Gasteiger partial charge >= 0.3 is 12.0 Å². The van der Waals surface area contributed by atoms with Crippen molar-refractivity contribution < 1.29 is 28.9 Å². The van der Waals surface area contributed by atoms with Crippen molar-refractivity contribution in [2.45, 2.75) is 50.7 Å². The normalized spacial score (nSPS) is 19.4. The molecule has 5 rings (SSSR count). The maximum absolute atomic E-state index is 12.3. The Kier molecular flexibility index (Phi) is 11.4. The highest BCUT2D eigenvalue weighted by Crippen LogP contribution is 2.43. The topological polar surface area (TPSA) is 137 Å². The third kappa shape index (κ3) is 8.32. The Bertz CT molecular complexity index is 1600. The van der Waals surface area contributed by atoms with Crippen LogP contribution in [0.5, 0.6) is 0 Å². The molecule has 11 nitrogen and oxygen atoms in total. The molecule has 0 bridgehead atoms. The number of benzene rings is 3. The minimum absolute atomic E-state index is 0.0156. The largest absolute Gasteiger partial charge is 0.465 e. The number of rotatable bonds is 12. The Labute approximate surface area is 272 Å². The van der Waals surface area contributed by atoms with E-state index >= 15 is 0 Å². The number of carbonyl (C=O) groups excluding carboxylic acids is 2. The van der Waals surface area contributed by atoms with Crippen molar-refractivity contribution in [2.75, 3.05) is 18.9 Å². The van der Waals surface area contributed by atoms with Gasteiger partial charge in [0, 0.05) is 30.8 Å². The predicted octanol–water partition coefficient (Wildman–Crippen LogP) is 4.92. The van der Waals surface area contributed by atoms with Gasteiger partial charge in [-0.05, 0) is 34.7 Å². The summed E-state index contributed by atoms with van der Waals surface area (Å²) >= 11 is 1.60. The van der Waals surface area contributed by atoms with E-state index in [9.17, 15) is 14.7 Å². The second-order valence-corrected chi connectivity index (χ2v) is 12.0. The van der Waals surface area contributed by atoms with Gasteiger partial charge in [-0.15, -0.1) is 10.2 Å². The van der Waals surface area contributed by atoms with E-state index in [4.69, 9.17) is 14.2 Å². The third-order valence-corrected chi connectivity index (χ3v) is 8.94. The number of thioether (sulfide) groups is 1. The summed E-state index contributed by atoms with van der Waals surface area (Å²) in [6.07, 6.45) is 0.724. The standard InChI is InChI=1S/C34H39N5O6S/c1-4-43-30(41)18-36-33(42)35-17-27-7-5-6-8-28(27)24-13-15-26(16-14-24)32-44-29(20-46-34-38-37-21-39(34)3)22(2)31(45-32)25-11-9-23(19-40)10-12-25/h5-16,21-22,29,31-32,40H,4,17-20H2,1-3H3,(H2,35,36,42). The van der Waals surface area contributed by atoms with Crippen molar-refractivity contribution in [3.63, 3.8) is 0 Å². The molecule has 0 radical (unpaired) electrons. The lowest BCUT2D eigenvalue weighted by atomic mass is 9.91. The summed E-state index contributed by atoms with van der Waals surface area (Å²) in [5, 5.41) is 23.9. The van der Waals surface area contributed by atoms with Gasteiger partial charge in [-0.3, -0.25) is 4.79 Å². The van der Waals surface area contributed by atoms with Gasteiger partial charge in [-0.25, -0.2) is 4.79 Å². The number of aliphatic hydroxyl groups excluding tert-OH is 1. The number of aryl methyl sites for hydroxylation is 1.